The lowest BCUT2D eigenvalue weighted by Crippen LogP contribution is -2.50. The Hall–Kier alpha value is -4.40. The van der Waals surface area contributed by atoms with Crippen molar-refractivity contribution in [2.45, 2.75) is 52.7 Å². The highest BCUT2D eigenvalue weighted by Gasteiger charge is 2.37. The molecule has 0 saturated heterocycles. The van der Waals surface area contributed by atoms with Gasteiger partial charge in [0.1, 0.15) is 29.6 Å². The van der Waals surface area contributed by atoms with E-state index in [2.05, 4.69) is 15.6 Å². The average molecular weight is 530 g/mol. The topological polar surface area (TPSA) is 98.6 Å². The van der Waals surface area contributed by atoms with Crippen molar-refractivity contribution in [1.29, 1.82) is 0 Å². The number of benzene rings is 3. The number of anilines is 1. The number of aryl methyl sites for hydroxylation is 2. The lowest BCUT2D eigenvalue weighted by molar-refractivity contribution is -0.128. The van der Waals surface area contributed by atoms with Crippen LogP contribution in [0.25, 0.3) is 11.0 Å². The van der Waals surface area contributed by atoms with Crippen molar-refractivity contribution < 1.29 is 19.1 Å². The van der Waals surface area contributed by atoms with Crippen molar-refractivity contribution in [3.05, 3.63) is 77.4 Å². The highest BCUT2D eigenvalue weighted by Crippen LogP contribution is 2.37. The zero-order chi connectivity index (χ0) is 28.3. The Balaban J connectivity index is 1.93. The molecule has 0 aliphatic carbocycles. The van der Waals surface area contributed by atoms with Crippen LogP contribution in [0.3, 0.4) is 0 Å². The second-order valence-electron chi connectivity index (χ2n) is 10.6. The number of methoxy groups -OCH3 is 2. The van der Waals surface area contributed by atoms with Crippen LogP contribution in [-0.4, -0.2) is 46.6 Å². The van der Waals surface area contributed by atoms with Crippen LogP contribution in [0, 0.1) is 13.8 Å². The number of carbonyl (C=O) groups is 2. The summed E-state index contributed by atoms with van der Waals surface area (Å²) in [4.78, 5) is 29.9. The minimum absolute atomic E-state index is 0.126. The first kappa shape index (κ1) is 27.6. The molecular formula is C30H35N5O4. The number of ether oxygens (including phenoxy) is 2. The van der Waals surface area contributed by atoms with E-state index >= 15 is 0 Å². The van der Waals surface area contributed by atoms with Gasteiger partial charge in [0.15, 0.2) is 0 Å². The SMILES string of the molecule is COc1ccc(OC)c([C@H](C(=O)NC(C)(C)C)N(C(=O)Cn2nnc3ccccc32)c2cc(C)cc(C)c2)c1. The average Bonchev–Trinajstić information content (AvgIpc) is 3.27. The molecule has 0 spiro atoms. The third-order valence-electron chi connectivity index (χ3n) is 6.19. The Morgan fingerprint density at radius 1 is 0.974 bits per heavy atom. The van der Waals surface area contributed by atoms with E-state index in [0.717, 1.165) is 16.6 Å². The first-order chi connectivity index (χ1) is 18.5. The Morgan fingerprint density at radius 3 is 2.31 bits per heavy atom. The fourth-order valence-corrected chi connectivity index (χ4v) is 4.65. The predicted molar refractivity (Wildman–Crippen MR) is 151 cm³/mol. The van der Waals surface area contributed by atoms with Crippen molar-refractivity contribution in [2.75, 3.05) is 19.1 Å². The number of amides is 2. The highest BCUT2D eigenvalue weighted by molar-refractivity contribution is 6.02. The summed E-state index contributed by atoms with van der Waals surface area (Å²) in [6, 6.07) is 17.4. The van der Waals surface area contributed by atoms with Crippen molar-refractivity contribution in [2.24, 2.45) is 0 Å². The van der Waals surface area contributed by atoms with E-state index in [-0.39, 0.29) is 18.4 Å². The van der Waals surface area contributed by atoms with E-state index < -0.39 is 11.6 Å². The van der Waals surface area contributed by atoms with Crippen molar-refractivity contribution in [3.8, 4) is 11.5 Å². The molecule has 9 heteroatoms. The normalized spacial score (nSPS) is 12.2. The maximum atomic E-state index is 14.3. The molecule has 4 rings (SSSR count). The van der Waals surface area contributed by atoms with Gasteiger partial charge in [0.2, 0.25) is 11.8 Å². The smallest absolute Gasteiger partial charge is 0.249 e. The lowest BCUT2D eigenvalue weighted by atomic mass is 9.98. The van der Waals surface area contributed by atoms with Gasteiger partial charge in [-0.2, -0.15) is 0 Å². The van der Waals surface area contributed by atoms with Gasteiger partial charge in [-0.1, -0.05) is 23.4 Å². The molecule has 204 valence electrons. The predicted octanol–water partition coefficient (Wildman–Crippen LogP) is 4.75. The molecule has 39 heavy (non-hydrogen) atoms. The maximum Gasteiger partial charge on any atom is 0.249 e. The van der Waals surface area contributed by atoms with Gasteiger partial charge in [-0.05, 0) is 88.2 Å². The third-order valence-corrected chi connectivity index (χ3v) is 6.19. The number of carbonyl (C=O) groups excluding carboxylic acids is 2. The van der Waals surface area contributed by atoms with E-state index in [0.29, 0.717) is 28.3 Å². The molecule has 0 bridgehead atoms. The van der Waals surface area contributed by atoms with Crippen molar-refractivity contribution in [3.63, 3.8) is 0 Å². The number of nitrogens with zero attached hydrogens (tertiary/aromatic N) is 4. The van der Waals surface area contributed by atoms with Gasteiger partial charge in [0, 0.05) is 16.8 Å². The monoisotopic (exact) mass is 529 g/mol. The van der Waals surface area contributed by atoms with Gasteiger partial charge in [-0.25, -0.2) is 4.68 Å². The summed E-state index contributed by atoms with van der Waals surface area (Å²) in [5.74, 6) is 0.298. The number of para-hydroxylation sites is 1. The number of nitrogens with one attached hydrogen (secondary N) is 1. The Bertz CT molecular complexity index is 1480. The second-order valence-corrected chi connectivity index (χ2v) is 10.6. The molecule has 0 radical (unpaired) electrons. The van der Waals surface area contributed by atoms with E-state index in [1.54, 1.807) is 30.0 Å². The van der Waals surface area contributed by atoms with Crippen LogP contribution in [0.2, 0.25) is 0 Å². The highest BCUT2D eigenvalue weighted by atomic mass is 16.5. The van der Waals surface area contributed by atoms with Crippen LogP contribution >= 0.6 is 0 Å². The fraction of sp³-hybridized carbons (Fsp3) is 0.333. The Kier molecular flexibility index (Phi) is 7.90. The molecule has 1 N–H and O–H groups in total. The molecule has 3 aromatic carbocycles. The molecule has 0 fully saturated rings. The molecule has 0 aliphatic rings. The summed E-state index contributed by atoms with van der Waals surface area (Å²) in [7, 11) is 3.09. The summed E-state index contributed by atoms with van der Waals surface area (Å²) >= 11 is 0. The molecule has 4 aromatic rings. The van der Waals surface area contributed by atoms with Gasteiger partial charge >= 0.3 is 0 Å². The van der Waals surface area contributed by atoms with Gasteiger partial charge in [0.25, 0.3) is 0 Å². The van der Waals surface area contributed by atoms with Crippen LogP contribution in [0.5, 0.6) is 11.5 Å². The first-order valence-corrected chi connectivity index (χ1v) is 12.7. The Labute approximate surface area is 228 Å². The quantitative estimate of drug-likeness (QED) is 0.354. The van der Waals surface area contributed by atoms with Gasteiger partial charge in [-0.3, -0.25) is 14.5 Å². The third kappa shape index (κ3) is 6.19. The zero-order valence-corrected chi connectivity index (χ0v) is 23.5. The van der Waals surface area contributed by atoms with Crippen molar-refractivity contribution in [1.82, 2.24) is 20.3 Å². The van der Waals surface area contributed by atoms with Crippen LogP contribution in [0.15, 0.2) is 60.7 Å². The number of hydrogen-bond donors (Lipinski definition) is 1. The standard InChI is InChI=1S/C30H35N5O4/c1-19-14-20(2)16-21(15-19)35(27(36)18-34-25-11-9-8-10-24(25)32-33-34)28(29(37)31-30(3,4)5)23-17-22(38-6)12-13-26(23)39-7/h8-17,28H,18H2,1-7H3,(H,31,37)/t28-/m1/s1. The lowest BCUT2D eigenvalue weighted by Gasteiger charge is -2.34. The van der Waals surface area contributed by atoms with Crippen LogP contribution < -0.4 is 19.7 Å². The summed E-state index contributed by atoms with van der Waals surface area (Å²) in [5, 5.41) is 11.5. The summed E-state index contributed by atoms with van der Waals surface area (Å²) in [5.41, 5.74) is 3.85. The minimum atomic E-state index is -1.07. The van der Waals surface area contributed by atoms with Gasteiger partial charge < -0.3 is 14.8 Å². The molecule has 1 heterocycles. The van der Waals surface area contributed by atoms with Gasteiger partial charge in [-0.15, -0.1) is 5.10 Å². The Morgan fingerprint density at radius 2 is 1.67 bits per heavy atom. The fourth-order valence-electron chi connectivity index (χ4n) is 4.65. The molecular weight excluding hydrogens is 494 g/mol. The zero-order valence-electron chi connectivity index (χ0n) is 23.5. The molecule has 1 atom stereocenters. The van der Waals surface area contributed by atoms with Crippen LogP contribution in [0.4, 0.5) is 5.69 Å². The maximum absolute atomic E-state index is 14.3. The first-order valence-electron chi connectivity index (χ1n) is 12.7. The molecule has 2 amide bonds. The van der Waals surface area contributed by atoms with Crippen LogP contribution in [-0.2, 0) is 16.1 Å². The molecule has 0 saturated carbocycles. The molecule has 9 nitrogen and oxygen atoms in total. The van der Waals surface area contributed by atoms with Gasteiger partial charge in [0.05, 0.1) is 19.7 Å². The minimum Gasteiger partial charge on any atom is -0.497 e. The van der Waals surface area contributed by atoms with E-state index in [4.69, 9.17) is 9.47 Å². The number of aromatic nitrogens is 3. The molecule has 1 aromatic heterocycles. The largest absolute Gasteiger partial charge is 0.497 e. The second kappa shape index (κ2) is 11.1. The number of fused-ring (bicyclic) bond motifs is 1. The van der Waals surface area contributed by atoms with Crippen molar-refractivity contribution >= 4 is 28.5 Å². The molecule has 0 aliphatic heterocycles. The van der Waals surface area contributed by atoms with E-state index in [1.807, 2.05) is 77.1 Å². The summed E-state index contributed by atoms with van der Waals surface area (Å²) in [6.45, 7) is 9.49. The van der Waals surface area contributed by atoms with Crippen LogP contribution in [0.1, 0.15) is 43.5 Å². The number of rotatable bonds is 8. The van der Waals surface area contributed by atoms with E-state index in [9.17, 15) is 9.59 Å². The summed E-state index contributed by atoms with van der Waals surface area (Å²) < 4.78 is 12.7. The van der Waals surface area contributed by atoms with E-state index in [1.165, 1.54) is 12.0 Å². The number of hydrogen-bond acceptors (Lipinski definition) is 6. The summed E-state index contributed by atoms with van der Waals surface area (Å²) in [6.07, 6.45) is 0. The molecule has 0 unspecified atom stereocenters.